The molecule has 0 fully saturated rings. The monoisotopic (exact) mass is 230 g/mol. The molecule has 2 heteroatoms. The van der Waals surface area contributed by atoms with Crippen molar-refractivity contribution in [1.82, 2.24) is 0 Å². The highest BCUT2D eigenvalue weighted by Crippen LogP contribution is 2.27. The summed E-state index contributed by atoms with van der Waals surface area (Å²) in [4.78, 5) is 10.6. The van der Waals surface area contributed by atoms with Crippen LogP contribution in [0.4, 0.5) is 0 Å². The lowest BCUT2D eigenvalue weighted by Gasteiger charge is -2.09. The normalized spacial score (nSPS) is 19.1. The Morgan fingerprint density at radius 1 is 1.19 bits per heavy atom. The van der Waals surface area contributed by atoms with Crippen molar-refractivity contribution in [1.29, 1.82) is 0 Å². The van der Waals surface area contributed by atoms with Crippen LogP contribution in [0.2, 0.25) is 5.02 Å². The zero-order chi connectivity index (χ0) is 11.4. The molecule has 0 amide bonds. The van der Waals surface area contributed by atoms with Crippen LogP contribution in [0.15, 0.2) is 60.2 Å². The highest BCUT2D eigenvalue weighted by atomic mass is 35.5. The van der Waals surface area contributed by atoms with Gasteiger partial charge in [-0.1, -0.05) is 60.2 Å². The number of allylic oxidation sites excluding steroid dienone is 6. The molecule has 2 rings (SSSR count). The first-order chi connectivity index (χ1) is 7.81. The number of hydrogen-bond donors (Lipinski definition) is 0. The molecule has 0 N–H and O–H groups in total. The fourth-order valence-electron chi connectivity index (χ4n) is 1.65. The lowest BCUT2D eigenvalue weighted by atomic mass is 9.98. The molecule has 1 nitrogen and oxygen atoms in total. The lowest BCUT2D eigenvalue weighted by molar-refractivity contribution is -0.104. The molecule has 16 heavy (non-hydrogen) atoms. The summed E-state index contributed by atoms with van der Waals surface area (Å²) in [5.74, 6) is 0.127. The minimum atomic E-state index is 0.127. The molecular weight excluding hydrogens is 220 g/mol. The fourth-order valence-corrected chi connectivity index (χ4v) is 1.91. The SMILES string of the molecule is O=CC1=CC=CC(c2ccccc2Cl)C=C1. The van der Waals surface area contributed by atoms with Crippen molar-refractivity contribution in [3.63, 3.8) is 0 Å². The summed E-state index contributed by atoms with van der Waals surface area (Å²) in [6.45, 7) is 0. The van der Waals surface area contributed by atoms with Crippen LogP contribution in [0, 0.1) is 0 Å². The molecular formula is C14H11ClO. The van der Waals surface area contributed by atoms with Gasteiger partial charge in [-0.25, -0.2) is 0 Å². The third kappa shape index (κ3) is 2.31. The molecule has 0 bridgehead atoms. The van der Waals surface area contributed by atoms with E-state index in [1.165, 1.54) is 0 Å². The van der Waals surface area contributed by atoms with Gasteiger partial charge in [-0.05, 0) is 11.6 Å². The summed E-state index contributed by atoms with van der Waals surface area (Å²) in [5, 5.41) is 0.747. The molecule has 1 aromatic rings. The second-order valence-corrected chi connectivity index (χ2v) is 3.98. The van der Waals surface area contributed by atoms with Crippen LogP contribution >= 0.6 is 11.6 Å². The van der Waals surface area contributed by atoms with E-state index in [4.69, 9.17) is 11.6 Å². The van der Waals surface area contributed by atoms with Crippen molar-refractivity contribution in [2.45, 2.75) is 5.92 Å². The number of rotatable bonds is 2. The molecule has 1 aliphatic rings. The average molecular weight is 231 g/mol. The predicted octanol–water partition coefficient (Wildman–Crippen LogP) is 3.67. The first kappa shape index (κ1) is 10.9. The van der Waals surface area contributed by atoms with E-state index in [9.17, 15) is 4.79 Å². The van der Waals surface area contributed by atoms with E-state index in [1.54, 1.807) is 6.08 Å². The summed E-state index contributed by atoms with van der Waals surface area (Å²) in [6, 6.07) is 7.73. The van der Waals surface area contributed by atoms with Gasteiger partial charge in [-0.3, -0.25) is 4.79 Å². The summed E-state index contributed by atoms with van der Waals surface area (Å²) < 4.78 is 0. The molecule has 0 aliphatic heterocycles. The first-order valence-corrected chi connectivity index (χ1v) is 5.45. The molecule has 0 spiro atoms. The summed E-state index contributed by atoms with van der Waals surface area (Å²) in [5.41, 5.74) is 1.73. The van der Waals surface area contributed by atoms with Gasteiger partial charge in [0.25, 0.3) is 0 Å². The fraction of sp³-hybridized carbons (Fsp3) is 0.0714. The van der Waals surface area contributed by atoms with Crippen molar-refractivity contribution < 1.29 is 4.79 Å². The molecule has 0 radical (unpaired) electrons. The van der Waals surface area contributed by atoms with Crippen LogP contribution < -0.4 is 0 Å². The maximum absolute atomic E-state index is 10.6. The van der Waals surface area contributed by atoms with Gasteiger partial charge in [0, 0.05) is 16.5 Å². The zero-order valence-corrected chi connectivity index (χ0v) is 9.39. The molecule has 0 aromatic heterocycles. The Hall–Kier alpha value is -1.60. The molecule has 80 valence electrons. The third-order valence-electron chi connectivity index (χ3n) is 2.50. The molecule has 0 saturated carbocycles. The Morgan fingerprint density at radius 2 is 2.00 bits per heavy atom. The zero-order valence-electron chi connectivity index (χ0n) is 8.64. The molecule has 0 saturated heterocycles. The van der Waals surface area contributed by atoms with E-state index in [0.29, 0.717) is 5.57 Å². The Bertz CT molecular complexity index is 483. The number of carbonyl (C=O) groups is 1. The van der Waals surface area contributed by atoms with E-state index in [1.807, 2.05) is 48.6 Å². The summed E-state index contributed by atoms with van der Waals surface area (Å²) in [6.07, 6.45) is 10.3. The number of aldehydes is 1. The van der Waals surface area contributed by atoms with Gasteiger partial charge in [0.2, 0.25) is 0 Å². The van der Waals surface area contributed by atoms with Gasteiger partial charge in [-0.2, -0.15) is 0 Å². The van der Waals surface area contributed by atoms with Gasteiger partial charge < -0.3 is 0 Å². The first-order valence-electron chi connectivity index (χ1n) is 5.07. The van der Waals surface area contributed by atoms with Crippen molar-refractivity contribution in [2.24, 2.45) is 0 Å². The van der Waals surface area contributed by atoms with E-state index in [-0.39, 0.29) is 5.92 Å². The Morgan fingerprint density at radius 3 is 2.75 bits per heavy atom. The van der Waals surface area contributed by atoms with Crippen molar-refractivity contribution in [3.8, 4) is 0 Å². The van der Waals surface area contributed by atoms with Crippen LogP contribution in [0.3, 0.4) is 0 Å². The largest absolute Gasteiger partial charge is 0.298 e. The minimum Gasteiger partial charge on any atom is -0.298 e. The van der Waals surface area contributed by atoms with Crippen LogP contribution in [-0.2, 0) is 4.79 Å². The van der Waals surface area contributed by atoms with Crippen LogP contribution in [-0.4, -0.2) is 6.29 Å². The molecule has 1 atom stereocenters. The Balaban J connectivity index is 2.32. The van der Waals surface area contributed by atoms with E-state index in [0.717, 1.165) is 16.9 Å². The number of halogens is 1. The maximum atomic E-state index is 10.6. The molecule has 1 aliphatic carbocycles. The molecule has 1 unspecified atom stereocenters. The summed E-state index contributed by atoms with van der Waals surface area (Å²) >= 11 is 6.13. The minimum absolute atomic E-state index is 0.127. The quantitative estimate of drug-likeness (QED) is 0.709. The number of hydrogen-bond acceptors (Lipinski definition) is 1. The van der Waals surface area contributed by atoms with Gasteiger partial charge >= 0.3 is 0 Å². The smallest absolute Gasteiger partial charge is 0.150 e. The third-order valence-corrected chi connectivity index (χ3v) is 2.85. The topological polar surface area (TPSA) is 17.1 Å². The van der Waals surface area contributed by atoms with E-state index >= 15 is 0 Å². The second kappa shape index (κ2) is 4.95. The Kier molecular flexibility index (Phi) is 3.37. The van der Waals surface area contributed by atoms with E-state index < -0.39 is 0 Å². The average Bonchev–Trinajstić information content (AvgIpc) is 2.55. The van der Waals surface area contributed by atoms with Crippen LogP contribution in [0.5, 0.6) is 0 Å². The summed E-state index contributed by atoms with van der Waals surface area (Å²) in [7, 11) is 0. The lowest BCUT2D eigenvalue weighted by Crippen LogP contribution is -1.91. The molecule has 0 heterocycles. The van der Waals surface area contributed by atoms with Gasteiger partial charge in [0.15, 0.2) is 0 Å². The van der Waals surface area contributed by atoms with Crippen molar-refractivity contribution in [3.05, 3.63) is 70.8 Å². The number of carbonyl (C=O) groups excluding carboxylic acids is 1. The van der Waals surface area contributed by atoms with Crippen LogP contribution in [0.25, 0.3) is 0 Å². The molecule has 1 aromatic carbocycles. The Labute approximate surface area is 99.7 Å². The van der Waals surface area contributed by atoms with Gasteiger partial charge in [0.1, 0.15) is 6.29 Å². The van der Waals surface area contributed by atoms with Gasteiger partial charge in [0.05, 0.1) is 0 Å². The number of benzene rings is 1. The van der Waals surface area contributed by atoms with E-state index in [2.05, 4.69) is 0 Å². The highest BCUT2D eigenvalue weighted by molar-refractivity contribution is 6.31. The maximum Gasteiger partial charge on any atom is 0.150 e. The highest BCUT2D eigenvalue weighted by Gasteiger charge is 2.09. The van der Waals surface area contributed by atoms with Crippen molar-refractivity contribution >= 4 is 17.9 Å². The predicted molar refractivity (Wildman–Crippen MR) is 66.6 cm³/mol. The van der Waals surface area contributed by atoms with Crippen molar-refractivity contribution in [2.75, 3.05) is 0 Å². The standard InChI is InChI=1S/C14H11ClO/c15-14-7-2-1-6-13(14)12-5-3-4-11(10-16)8-9-12/h1-10,12H. The van der Waals surface area contributed by atoms with Gasteiger partial charge in [-0.15, -0.1) is 0 Å². The van der Waals surface area contributed by atoms with Crippen LogP contribution in [0.1, 0.15) is 11.5 Å². The second-order valence-electron chi connectivity index (χ2n) is 3.58.